The molecule has 2 atom stereocenters. The van der Waals surface area contributed by atoms with Gasteiger partial charge in [0.1, 0.15) is 0 Å². The summed E-state index contributed by atoms with van der Waals surface area (Å²) < 4.78 is 4.77. The first-order valence-corrected chi connectivity index (χ1v) is 8.31. The molecule has 1 aromatic rings. The molecule has 1 rings (SSSR count). The molecule has 0 aliphatic carbocycles. The lowest BCUT2D eigenvalue weighted by Crippen LogP contribution is -2.37. The molecule has 142 valence electrons. The average molecular weight is 371 g/mol. The highest BCUT2D eigenvalue weighted by Gasteiger charge is 2.22. The van der Waals surface area contributed by atoms with Crippen LogP contribution in [0.15, 0.2) is 24.3 Å². The monoisotopic (exact) mass is 370 g/mol. The van der Waals surface area contributed by atoms with E-state index in [2.05, 4.69) is 31.4 Å². The molecule has 0 saturated carbocycles. The molecule has 25 heavy (non-hydrogen) atoms. The van der Waals surface area contributed by atoms with Gasteiger partial charge in [-0.2, -0.15) is 0 Å². The van der Waals surface area contributed by atoms with E-state index in [4.69, 9.17) is 4.74 Å². The van der Waals surface area contributed by atoms with Crippen molar-refractivity contribution >= 4 is 24.3 Å². The normalized spacial score (nSPS) is 13.4. The van der Waals surface area contributed by atoms with Crippen molar-refractivity contribution in [2.24, 2.45) is 5.92 Å². The first kappa shape index (κ1) is 23.4. The first-order valence-electron chi connectivity index (χ1n) is 8.31. The van der Waals surface area contributed by atoms with Crippen LogP contribution in [-0.2, 0) is 19.7 Å². The second-order valence-electron chi connectivity index (χ2n) is 7.17. The smallest absolute Gasteiger partial charge is 0.307 e. The number of nitrogens with one attached hydrogen (secondary N) is 2. The summed E-state index contributed by atoms with van der Waals surface area (Å²) >= 11 is 0. The number of hydrogen-bond donors (Lipinski definition) is 2. The number of amides is 1. The van der Waals surface area contributed by atoms with Gasteiger partial charge in [0, 0.05) is 12.5 Å². The number of esters is 1. The van der Waals surface area contributed by atoms with Crippen molar-refractivity contribution in [2.45, 2.75) is 45.6 Å². The number of ether oxygens (including phenoxy) is 1. The van der Waals surface area contributed by atoms with Gasteiger partial charge in [-0.1, -0.05) is 52.0 Å². The van der Waals surface area contributed by atoms with Crippen LogP contribution >= 0.6 is 12.4 Å². The predicted molar refractivity (Wildman–Crippen MR) is 103 cm³/mol. The lowest BCUT2D eigenvalue weighted by atomic mass is 9.86. The summed E-state index contributed by atoms with van der Waals surface area (Å²) in [5, 5.41) is 5.95. The zero-order valence-corrected chi connectivity index (χ0v) is 16.8. The summed E-state index contributed by atoms with van der Waals surface area (Å²) in [6, 6.07) is 7.64. The number of methoxy groups -OCH3 is 1. The van der Waals surface area contributed by atoms with E-state index in [1.165, 1.54) is 12.7 Å². The Bertz CT molecular complexity index is 553. The number of benzene rings is 1. The third kappa shape index (κ3) is 7.45. The Morgan fingerprint density at radius 3 is 2.16 bits per heavy atom. The summed E-state index contributed by atoms with van der Waals surface area (Å²) in [7, 11) is 3.16. The van der Waals surface area contributed by atoms with Crippen LogP contribution in [0.5, 0.6) is 0 Å². The van der Waals surface area contributed by atoms with Crippen LogP contribution in [0.4, 0.5) is 0 Å². The van der Waals surface area contributed by atoms with E-state index in [1.807, 2.05) is 31.2 Å². The lowest BCUT2D eigenvalue weighted by molar-refractivity contribution is -0.141. The molecule has 5 nitrogen and oxygen atoms in total. The minimum atomic E-state index is -0.390. The second-order valence-corrected chi connectivity index (χ2v) is 7.17. The van der Waals surface area contributed by atoms with E-state index in [1.54, 1.807) is 7.05 Å². The van der Waals surface area contributed by atoms with E-state index in [0.717, 1.165) is 5.56 Å². The van der Waals surface area contributed by atoms with E-state index in [9.17, 15) is 9.59 Å². The summed E-state index contributed by atoms with van der Waals surface area (Å²) in [5.41, 5.74) is 2.16. The number of rotatable bonds is 7. The number of carbonyl (C=O) groups is 2. The maximum Gasteiger partial charge on any atom is 0.307 e. The Kier molecular flexibility index (Phi) is 9.75. The van der Waals surface area contributed by atoms with Crippen LogP contribution < -0.4 is 10.6 Å². The van der Waals surface area contributed by atoms with E-state index < -0.39 is 6.04 Å². The molecular formula is C19H31ClN2O3. The van der Waals surface area contributed by atoms with Crippen molar-refractivity contribution in [1.29, 1.82) is 0 Å². The lowest BCUT2D eigenvalue weighted by Gasteiger charge is -2.23. The van der Waals surface area contributed by atoms with Gasteiger partial charge in [-0.3, -0.25) is 9.59 Å². The average Bonchev–Trinajstić information content (AvgIpc) is 2.53. The van der Waals surface area contributed by atoms with Crippen molar-refractivity contribution in [3.8, 4) is 0 Å². The third-order valence-corrected chi connectivity index (χ3v) is 4.05. The van der Waals surface area contributed by atoms with Gasteiger partial charge >= 0.3 is 5.97 Å². The quantitative estimate of drug-likeness (QED) is 0.724. The molecule has 0 bridgehead atoms. The van der Waals surface area contributed by atoms with Gasteiger partial charge in [0.15, 0.2) is 0 Å². The molecule has 0 fully saturated rings. The van der Waals surface area contributed by atoms with Crippen molar-refractivity contribution in [2.75, 3.05) is 20.7 Å². The zero-order valence-electron chi connectivity index (χ0n) is 16.0. The molecule has 0 aromatic heterocycles. The Morgan fingerprint density at radius 1 is 1.16 bits per heavy atom. The maximum atomic E-state index is 12.3. The number of hydrogen-bond acceptors (Lipinski definition) is 4. The fourth-order valence-corrected chi connectivity index (χ4v) is 2.43. The Labute approximate surface area is 157 Å². The van der Waals surface area contributed by atoms with Gasteiger partial charge in [0.05, 0.1) is 19.6 Å². The molecule has 0 spiro atoms. The van der Waals surface area contributed by atoms with Gasteiger partial charge in [0.2, 0.25) is 5.91 Å². The highest BCUT2D eigenvalue weighted by atomic mass is 35.5. The standard InChI is InChI=1S/C19H30N2O3.ClH/c1-13(12-20-5)18(23)21-16(11-17(22)24-6)14-7-9-15(10-8-14)19(2,3)4;/h7-10,13,16,20H,11-12H2,1-6H3,(H,21,23);1H. The van der Waals surface area contributed by atoms with E-state index in [0.29, 0.717) is 6.54 Å². The summed E-state index contributed by atoms with van der Waals surface area (Å²) in [5.74, 6) is -0.608. The van der Waals surface area contributed by atoms with Crippen LogP contribution in [0.1, 0.15) is 51.3 Å². The van der Waals surface area contributed by atoms with Gasteiger partial charge in [-0.15, -0.1) is 12.4 Å². The van der Waals surface area contributed by atoms with Gasteiger partial charge in [-0.25, -0.2) is 0 Å². The van der Waals surface area contributed by atoms with Gasteiger partial charge in [-0.05, 0) is 23.6 Å². The molecule has 0 saturated heterocycles. The summed E-state index contributed by atoms with van der Waals surface area (Å²) in [4.78, 5) is 24.0. The molecule has 0 radical (unpaired) electrons. The molecule has 0 heterocycles. The van der Waals surface area contributed by atoms with Crippen molar-refractivity contribution in [3.05, 3.63) is 35.4 Å². The van der Waals surface area contributed by atoms with Crippen LogP contribution in [-0.4, -0.2) is 32.6 Å². The molecule has 6 heteroatoms. The number of halogens is 1. The molecule has 0 aliphatic heterocycles. The largest absolute Gasteiger partial charge is 0.469 e. The van der Waals surface area contributed by atoms with Crippen molar-refractivity contribution < 1.29 is 14.3 Å². The Hall–Kier alpha value is -1.59. The van der Waals surface area contributed by atoms with Gasteiger partial charge < -0.3 is 15.4 Å². The minimum absolute atomic E-state index is 0. The van der Waals surface area contributed by atoms with Gasteiger partial charge in [0.25, 0.3) is 0 Å². The van der Waals surface area contributed by atoms with Crippen LogP contribution in [0.3, 0.4) is 0 Å². The molecular weight excluding hydrogens is 340 g/mol. The van der Waals surface area contributed by atoms with Crippen molar-refractivity contribution in [3.63, 3.8) is 0 Å². The summed E-state index contributed by atoms with van der Waals surface area (Å²) in [6.07, 6.45) is 0.114. The maximum absolute atomic E-state index is 12.3. The summed E-state index contributed by atoms with van der Waals surface area (Å²) in [6.45, 7) is 8.88. The highest BCUT2D eigenvalue weighted by molar-refractivity contribution is 5.85. The molecule has 1 amide bonds. The van der Waals surface area contributed by atoms with E-state index in [-0.39, 0.29) is 42.0 Å². The molecule has 2 N–H and O–H groups in total. The second kappa shape index (κ2) is 10.4. The van der Waals surface area contributed by atoms with E-state index >= 15 is 0 Å². The Morgan fingerprint density at radius 2 is 1.72 bits per heavy atom. The minimum Gasteiger partial charge on any atom is -0.469 e. The van der Waals surface area contributed by atoms with Crippen LogP contribution in [0.2, 0.25) is 0 Å². The third-order valence-electron chi connectivity index (χ3n) is 4.05. The zero-order chi connectivity index (χ0) is 18.3. The molecule has 2 unspecified atom stereocenters. The predicted octanol–water partition coefficient (Wildman–Crippen LogP) is 2.98. The topological polar surface area (TPSA) is 67.4 Å². The molecule has 0 aliphatic rings. The Balaban J connectivity index is 0.00000576. The molecule has 1 aromatic carbocycles. The van der Waals surface area contributed by atoms with Crippen LogP contribution in [0.25, 0.3) is 0 Å². The van der Waals surface area contributed by atoms with Crippen molar-refractivity contribution in [1.82, 2.24) is 10.6 Å². The van der Waals surface area contributed by atoms with Crippen LogP contribution in [0, 0.1) is 5.92 Å². The number of carbonyl (C=O) groups excluding carboxylic acids is 2. The highest BCUT2D eigenvalue weighted by Crippen LogP contribution is 2.25. The fraction of sp³-hybridized carbons (Fsp3) is 0.579. The SMILES string of the molecule is CNCC(C)C(=O)NC(CC(=O)OC)c1ccc(C(C)(C)C)cc1.Cl. The first-order chi connectivity index (χ1) is 11.2. The fourth-order valence-electron chi connectivity index (χ4n) is 2.43.